The molecule has 0 unspecified atom stereocenters. The van der Waals surface area contributed by atoms with Gasteiger partial charge in [-0.25, -0.2) is 4.98 Å². The van der Waals surface area contributed by atoms with E-state index in [0.29, 0.717) is 6.54 Å². The molecule has 6 heteroatoms. The Kier molecular flexibility index (Phi) is 3.55. The van der Waals surface area contributed by atoms with E-state index >= 15 is 0 Å². The summed E-state index contributed by atoms with van der Waals surface area (Å²) >= 11 is 0. The average molecular weight is 317 g/mol. The van der Waals surface area contributed by atoms with Crippen molar-refractivity contribution in [3.63, 3.8) is 0 Å². The summed E-state index contributed by atoms with van der Waals surface area (Å²) in [5.74, 6) is 1.05. The molecular formula is C18H15N5O. The average Bonchev–Trinajstić information content (AvgIpc) is 3.05. The molecule has 0 aliphatic carbocycles. The van der Waals surface area contributed by atoms with Gasteiger partial charge in [-0.15, -0.1) is 0 Å². The lowest BCUT2D eigenvalue weighted by atomic mass is 10.1. The van der Waals surface area contributed by atoms with Crippen LogP contribution in [0.5, 0.6) is 5.75 Å². The molecule has 118 valence electrons. The van der Waals surface area contributed by atoms with E-state index in [4.69, 9.17) is 0 Å². The molecule has 2 N–H and O–H groups in total. The molecule has 4 aromatic rings. The van der Waals surface area contributed by atoms with Gasteiger partial charge in [-0.2, -0.15) is 9.61 Å². The van der Waals surface area contributed by atoms with Crippen LogP contribution in [0.4, 0.5) is 5.82 Å². The van der Waals surface area contributed by atoms with E-state index in [-0.39, 0.29) is 5.75 Å². The highest BCUT2D eigenvalue weighted by molar-refractivity contribution is 5.78. The molecule has 4 rings (SSSR count). The van der Waals surface area contributed by atoms with Crippen molar-refractivity contribution in [2.24, 2.45) is 0 Å². The van der Waals surface area contributed by atoms with Crippen molar-refractivity contribution in [2.45, 2.75) is 6.54 Å². The minimum Gasteiger partial charge on any atom is -0.508 e. The molecule has 0 aliphatic heterocycles. The van der Waals surface area contributed by atoms with Crippen LogP contribution in [0.1, 0.15) is 5.69 Å². The Morgan fingerprint density at radius 3 is 2.79 bits per heavy atom. The molecule has 0 aliphatic rings. The number of phenolic OH excluding ortho intramolecular Hbond substituents is 1. The fourth-order valence-corrected chi connectivity index (χ4v) is 2.59. The van der Waals surface area contributed by atoms with Crippen LogP contribution in [-0.2, 0) is 6.54 Å². The molecule has 0 saturated carbocycles. The van der Waals surface area contributed by atoms with Crippen molar-refractivity contribution in [2.75, 3.05) is 5.32 Å². The Morgan fingerprint density at radius 1 is 1.00 bits per heavy atom. The first kappa shape index (κ1) is 14.2. The van der Waals surface area contributed by atoms with Crippen molar-refractivity contribution < 1.29 is 5.11 Å². The maximum Gasteiger partial charge on any atom is 0.165 e. The van der Waals surface area contributed by atoms with Crippen molar-refractivity contribution in [1.82, 2.24) is 19.6 Å². The predicted octanol–water partition coefficient (Wildman–Crippen LogP) is 3.11. The van der Waals surface area contributed by atoms with Gasteiger partial charge in [0.15, 0.2) is 5.65 Å². The van der Waals surface area contributed by atoms with Crippen LogP contribution >= 0.6 is 0 Å². The van der Waals surface area contributed by atoms with Crippen molar-refractivity contribution in [1.29, 1.82) is 0 Å². The number of phenols is 1. The quantitative estimate of drug-likeness (QED) is 0.605. The second-order valence-electron chi connectivity index (χ2n) is 5.35. The molecule has 1 aromatic carbocycles. The van der Waals surface area contributed by atoms with Gasteiger partial charge in [0.2, 0.25) is 0 Å². The predicted molar refractivity (Wildman–Crippen MR) is 91.7 cm³/mol. The number of aromatic nitrogens is 4. The maximum absolute atomic E-state index is 9.68. The Morgan fingerprint density at radius 2 is 1.96 bits per heavy atom. The summed E-state index contributed by atoms with van der Waals surface area (Å²) in [5.41, 5.74) is 3.42. The third kappa shape index (κ3) is 2.65. The fourth-order valence-electron chi connectivity index (χ4n) is 2.59. The van der Waals surface area contributed by atoms with Crippen LogP contribution < -0.4 is 5.32 Å². The van der Waals surface area contributed by atoms with E-state index in [0.717, 1.165) is 28.3 Å². The Labute approximate surface area is 138 Å². The summed E-state index contributed by atoms with van der Waals surface area (Å²) in [6.45, 7) is 0.598. The zero-order chi connectivity index (χ0) is 16.4. The molecule has 0 spiro atoms. The zero-order valence-corrected chi connectivity index (χ0v) is 12.8. The molecule has 0 atom stereocenters. The lowest BCUT2D eigenvalue weighted by Gasteiger charge is -2.08. The SMILES string of the molecule is Oc1cccc(-c2cnn3c(NCc4ccccn4)ccnc23)c1. The van der Waals surface area contributed by atoms with Gasteiger partial charge in [-0.05, 0) is 35.9 Å². The standard InChI is InChI=1S/C18H15N5O/c24-15-6-3-4-13(10-15)16-12-22-23-17(7-9-20-18(16)23)21-11-14-5-1-2-8-19-14/h1-10,12,21,24H,11H2. The molecule has 3 aromatic heterocycles. The number of aromatic hydroxyl groups is 1. The number of pyridine rings is 1. The zero-order valence-electron chi connectivity index (χ0n) is 12.8. The number of benzene rings is 1. The lowest BCUT2D eigenvalue weighted by Crippen LogP contribution is -2.06. The molecular weight excluding hydrogens is 302 g/mol. The number of nitrogens with one attached hydrogen (secondary N) is 1. The van der Waals surface area contributed by atoms with Gasteiger partial charge < -0.3 is 10.4 Å². The van der Waals surface area contributed by atoms with Crippen LogP contribution in [0.15, 0.2) is 67.1 Å². The number of anilines is 1. The number of hydrogen-bond acceptors (Lipinski definition) is 5. The van der Waals surface area contributed by atoms with Crippen molar-refractivity contribution in [3.8, 4) is 16.9 Å². The molecule has 6 nitrogen and oxygen atoms in total. The van der Waals surface area contributed by atoms with Gasteiger partial charge in [0.1, 0.15) is 11.6 Å². The van der Waals surface area contributed by atoms with E-state index in [1.165, 1.54) is 0 Å². The maximum atomic E-state index is 9.68. The summed E-state index contributed by atoms with van der Waals surface area (Å²) < 4.78 is 1.75. The van der Waals surface area contributed by atoms with Gasteiger partial charge >= 0.3 is 0 Å². The number of fused-ring (bicyclic) bond motifs is 1. The molecule has 0 fully saturated rings. The summed E-state index contributed by atoms with van der Waals surface area (Å²) in [4.78, 5) is 8.73. The molecule has 0 saturated heterocycles. The fraction of sp³-hybridized carbons (Fsp3) is 0.0556. The Balaban J connectivity index is 1.69. The molecule has 24 heavy (non-hydrogen) atoms. The molecule has 0 amide bonds. The van der Waals surface area contributed by atoms with Crippen LogP contribution in [0.25, 0.3) is 16.8 Å². The Hall–Kier alpha value is -3.41. The van der Waals surface area contributed by atoms with Crippen LogP contribution in [-0.4, -0.2) is 24.7 Å². The smallest absolute Gasteiger partial charge is 0.165 e. The van der Waals surface area contributed by atoms with E-state index in [9.17, 15) is 5.11 Å². The second-order valence-corrected chi connectivity index (χ2v) is 5.35. The Bertz CT molecular complexity index is 981. The lowest BCUT2D eigenvalue weighted by molar-refractivity contribution is 0.475. The van der Waals surface area contributed by atoms with E-state index in [1.54, 1.807) is 41.3 Å². The summed E-state index contributed by atoms with van der Waals surface area (Å²) in [6, 6.07) is 14.8. The molecule has 0 bridgehead atoms. The number of hydrogen-bond donors (Lipinski definition) is 2. The van der Waals surface area contributed by atoms with Gasteiger partial charge in [-0.3, -0.25) is 4.98 Å². The van der Waals surface area contributed by atoms with Gasteiger partial charge in [0.05, 0.1) is 18.4 Å². The first-order valence-electron chi connectivity index (χ1n) is 7.57. The van der Waals surface area contributed by atoms with Gasteiger partial charge in [0, 0.05) is 18.0 Å². The van der Waals surface area contributed by atoms with Gasteiger partial charge in [0.25, 0.3) is 0 Å². The first-order valence-corrected chi connectivity index (χ1v) is 7.57. The largest absolute Gasteiger partial charge is 0.508 e. The first-order chi connectivity index (χ1) is 11.8. The third-order valence-electron chi connectivity index (χ3n) is 3.74. The minimum absolute atomic E-state index is 0.219. The monoisotopic (exact) mass is 317 g/mol. The number of nitrogens with zero attached hydrogens (tertiary/aromatic N) is 4. The second kappa shape index (κ2) is 6.00. The highest BCUT2D eigenvalue weighted by Crippen LogP contribution is 2.27. The number of rotatable bonds is 4. The summed E-state index contributed by atoms with van der Waals surface area (Å²) in [6.07, 6.45) is 5.26. The minimum atomic E-state index is 0.219. The normalized spacial score (nSPS) is 10.8. The van der Waals surface area contributed by atoms with E-state index in [2.05, 4.69) is 20.4 Å². The molecule has 0 radical (unpaired) electrons. The summed E-state index contributed by atoms with van der Waals surface area (Å²) in [7, 11) is 0. The van der Waals surface area contributed by atoms with Crippen LogP contribution in [0.2, 0.25) is 0 Å². The van der Waals surface area contributed by atoms with E-state index in [1.807, 2.05) is 30.3 Å². The highest BCUT2D eigenvalue weighted by Gasteiger charge is 2.11. The van der Waals surface area contributed by atoms with Crippen molar-refractivity contribution in [3.05, 3.63) is 72.8 Å². The van der Waals surface area contributed by atoms with Crippen LogP contribution in [0.3, 0.4) is 0 Å². The van der Waals surface area contributed by atoms with Crippen molar-refractivity contribution >= 4 is 11.5 Å². The highest BCUT2D eigenvalue weighted by atomic mass is 16.3. The molecule has 3 heterocycles. The topological polar surface area (TPSA) is 75.3 Å². The van der Waals surface area contributed by atoms with E-state index < -0.39 is 0 Å². The van der Waals surface area contributed by atoms with Crippen LogP contribution in [0, 0.1) is 0 Å². The third-order valence-corrected chi connectivity index (χ3v) is 3.74. The summed E-state index contributed by atoms with van der Waals surface area (Å²) in [5, 5.41) is 17.4. The van der Waals surface area contributed by atoms with Gasteiger partial charge in [-0.1, -0.05) is 18.2 Å².